The van der Waals surface area contributed by atoms with Crippen LogP contribution >= 0.6 is 0 Å². The second-order valence-electron chi connectivity index (χ2n) is 9.91. The lowest BCUT2D eigenvalue weighted by molar-refractivity contribution is -0.243. The molecule has 1 aromatic rings. The zero-order chi connectivity index (χ0) is 22.8. The van der Waals surface area contributed by atoms with Crippen molar-refractivity contribution in [3.8, 4) is 0 Å². The highest BCUT2D eigenvalue weighted by Gasteiger charge is 2.60. The molecule has 32 heavy (non-hydrogen) atoms. The molecule has 0 aromatic heterocycles. The summed E-state index contributed by atoms with van der Waals surface area (Å²) in [5.74, 6) is -1.40. The molecule has 3 saturated heterocycles. The van der Waals surface area contributed by atoms with Crippen molar-refractivity contribution in [1.82, 2.24) is 0 Å². The van der Waals surface area contributed by atoms with Crippen molar-refractivity contribution in [3.63, 3.8) is 0 Å². The van der Waals surface area contributed by atoms with Crippen LogP contribution in [0.5, 0.6) is 0 Å². The Hall–Kier alpha value is -1.22. The lowest BCUT2D eigenvalue weighted by Gasteiger charge is -2.37. The first-order valence-electron chi connectivity index (χ1n) is 12.0. The summed E-state index contributed by atoms with van der Waals surface area (Å²) in [5, 5.41) is 3.48. The molecular formula is C25H39NO6. The first kappa shape index (κ1) is 23.9. The molecule has 1 aromatic carbocycles. The fourth-order valence-corrected chi connectivity index (χ4v) is 4.62. The third kappa shape index (κ3) is 5.82. The Kier molecular flexibility index (Phi) is 7.44. The largest absolute Gasteiger partial charge is 0.385 e. The van der Waals surface area contributed by atoms with E-state index in [1.807, 2.05) is 27.7 Å². The standard InChI is InChI=1S/C25H39NO6/c1-6-7-8-9-14-26-18-12-10-17(11-13-18)15-27-16-19-20-21(30-24(2,3)29-20)22-23(28-19)32-25(4,5)31-22/h10-13,19-23,26H,6-9,14-16H2,1-5H3/t19-,20+,21+,22-,23-/m1/s1. The van der Waals surface area contributed by atoms with Crippen LogP contribution in [0.25, 0.3) is 0 Å². The van der Waals surface area contributed by atoms with Crippen LogP contribution in [-0.2, 0) is 35.0 Å². The maximum Gasteiger partial charge on any atom is 0.190 e. The minimum absolute atomic E-state index is 0.248. The molecule has 7 heteroatoms. The Labute approximate surface area is 192 Å². The highest BCUT2D eigenvalue weighted by Crippen LogP contribution is 2.44. The van der Waals surface area contributed by atoms with Crippen LogP contribution in [0.15, 0.2) is 24.3 Å². The van der Waals surface area contributed by atoms with E-state index >= 15 is 0 Å². The zero-order valence-electron chi connectivity index (χ0n) is 20.1. The van der Waals surface area contributed by atoms with Crippen LogP contribution in [0.1, 0.15) is 65.9 Å². The normalized spacial score (nSPS) is 32.5. The molecule has 0 unspecified atom stereocenters. The van der Waals surface area contributed by atoms with E-state index in [1.54, 1.807) is 0 Å². The average Bonchev–Trinajstić information content (AvgIpc) is 3.23. The van der Waals surface area contributed by atoms with Gasteiger partial charge in [0.15, 0.2) is 17.9 Å². The third-order valence-electron chi connectivity index (χ3n) is 6.12. The van der Waals surface area contributed by atoms with Gasteiger partial charge in [0.2, 0.25) is 0 Å². The smallest absolute Gasteiger partial charge is 0.190 e. The molecule has 3 aliphatic heterocycles. The van der Waals surface area contributed by atoms with Crippen LogP contribution in [0.3, 0.4) is 0 Å². The van der Waals surface area contributed by atoms with Gasteiger partial charge in [0, 0.05) is 12.2 Å². The van der Waals surface area contributed by atoms with Gasteiger partial charge in [-0.3, -0.25) is 0 Å². The Bertz CT molecular complexity index is 736. The second-order valence-corrected chi connectivity index (χ2v) is 9.91. The minimum atomic E-state index is -0.711. The molecule has 3 fully saturated rings. The molecule has 0 amide bonds. The van der Waals surface area contributed by atoms with Crippen molar-refractivity contribution < 1.29 is 28.4 Å². The van der Waals surface area contributed by atoms with Gasteiger partial charge in [-0.1, -0.05) is 38.3 Å². The van der Waals surface area contributed by atoms with Gasteiger partial charge in [-0.2, -0.15) is 0 Å². The Morgan fingerprint density at radius 1 is 0.844 bits per heavy atom. The summed E-state index contributed by atoms with van der Waals surface area (Å²) in [4.78, 5) is 0. The van der Waals surface area contributed by atoms with Crippen LogP contribution in [0.4, 0.5) is 5.69 Å². The number of anilines is 1. The van der Waals surface area contributed by atoms with Gasteiger partial charge in [0.05, 0.1) is 13.2 Å². The van der Waals surface area contributed by atoms with E-state index in [0.29, 0.717) is 13.2 Å². The van der Waals surface area contributed by atoms with Gasteiger partial charge in [0.1, 0.15) is 24.4 Å². The highest BCUT2D eigenvalue weighted by molar-refractivity contribution is 5.44. The second kappa shape index (κ2) is 9.95. The number of hydrogen-bond acceptors (Lipinski definition) is 7. The van der Waals surface area contributed by atoms with E-state index in [1.165, 1.54) is 25.7 Å². The topological polar surface area (TPSA) is 67.4 Å². The lowest BCUT2D eigenvalue weighted by atomic mass is 9.99. The predicted octanol–water partition coefficient (Wildman–Crippen LogP) is 4.59. The predicted molar refractivity (Wildman–Crippen MR) is 121 cm³/mol. The SMILES string of the molecule is CCCCCCNc1ccc(COC[C@H]2O[C@@H]3OC(C)(C)O[C@@H]3[C@H]3OC(C)(C)O[C@H]32)cc1. The monoisotopic (exact) mass is 449 g/mol. The molecule has 0 radical (unpaired) electrons. The molecule has 1 N–H and O–H groups in total. The van der Waals surface area contributed by atoms with E-state index in [9.17, 15) is 0 Å². The molecule has 3 heterocycles. The van der Waals surface area contributed by atoms with Crippen molar-refractivity contribution >= 4 is 5.69 Å². The molecule has 3 aliphatic rings. The van der Waals surface area contributed by atoms with E-state index in [0.717, 1.165) is 17.8 Å². The van der Waals surface area contributed by atoms with Gasteiger partial charge in [-0.25, -0.2) is 0 Å². The Morgan fingerprint density at radius 2 is 1.53 bits per heavy atom. The van der Waals surface area contributed by atoms with Gasteiger partial charge in [-0.15, -0.1) is 0 Å². The summed E-state index contributed by atoms with van der Waals surface area (Å²) in [6.07, 6.45) is 3.46. The maximum atomic E-state index is 6.20. The number of benzene rings is 1. The number of rotatable bonds is 10. The molecule has 7 nitrogen and oxygen atoms in total. The van der Waals surface area contributed by atoms with Gasteiger partial charge in [0.25, 0.3) is 0 Å². The summed E-state index contributed by atoms with van der Waals surface area (Å²) < 4.78 is 36.5. The summed E-state index contributed by atoms with van der Waals surface area (Å²) in [5.41, 5.74) is 2.27. The molecule has 0 spiro atoms. The molecule has 180 valence electrons. The number of ether oxygens (including phenoxy) is 6. The van der Waals surface area contributed by atoms with Crippen LogP contribution < -0.4 is 5.32 Å². The van der Waals surface area contributed by atoms with Crippen molar-refractivity contribution in [3.05, 3.63) is 29.8 Å². The van der Waals surface area contributed by atoms with E-state index in [4.69, 9.17) is 28.4 Å². The summed E-state index contributed by atoms with van der Waals surface area (Å²) in [6.45, 7) is 11.8. The highest BCUT2D eigenvalue weighted by atomic mass is 16.9. The molecule has 0 aliphatic carbocycles. The summed E-state index contributed by atoms with van der Waals surface area (Å²) >= 11 is 0. The zero-order valence-corrected chi connectivity index (χ0v) is 20.1. The molecule has 5 atom stereocenters. The first-order valence-corrected chi connectivity index (χ1v) is 12.0. The average molecular weight is 450 g/mol. The van der Waals surface area contributed by atoms with Crippen molar-refractivity contribution in [1.29, 1.82) is 0 Å². The number of nitrogens with one attached hydrogen (secondary N) is 1. The first-order chi connectivity index (χ1) is 15.3. The molecule has 0 bridgehead atoms. The molecule has 4 rings (SSSR count). The Morgan fingerprint density at radius 3 is 2.28 bits per heavy atom. The molecule has 0 saturated carbocycles. The lowest BCUT2D eigenvalue weighted by Crippen LogP contribution is -2.56. The fraction of sp³-hybridized carbons (Fsp3) is 0.760. The number of unbranched alkanes of at least 4 members (excludes halogenated alkanes) is 3. The van der Waals surface area contributed by atoms with Gasteiger partial charge in [-0.05, 0) is 51.8 Å². The van der Waals surface area contributed by atoms with Gasteiger partial charge < -0.3 is 33.7 Å². The number of hydrogen-bond donors (Lipinski definition) is 1. The van der Waals surface area contributed by atoms with Crippen molar-refractivity contribution in [2.45, 2.75) is 109 Å². The van der Waals surface area contributed by atoms with Crippen molar-refractivity contribution in [2.75, 3.05) is 18.5 Å². The third-order valence-corrected chi connectivity index (χ3v) is 6.12. The van der Waals surface area contributed by atoms with Crippen molar-refractivity contribution in [2.24, 2.45) is 0 Å². The number of fused-ring (bicyclic) bond motifs is 3. The quantitative estimate of drug-likeness (QED) is 0.524. The summed E-state index contributed by atoms with van der Waals surface area (Å²) in [7, 11) is 0. The fourth-order valence-electron chi connectivity index (χ4n) is 4.62. The van der Waals surface area contributed by atoms with E-state index < -0.39 is 17.9 Å². The van der Waals surface area contributed by atoms with Crippen LogP contribution in [-0.4, -0.2) is 55.4 Å². The summed E-state index contributed by atoms with van der Waals surface area (Å²) in [6, 6.07) is 8.42. The Balaban J connectivity index is 1.27. The van der Waals surface area contributed by atoms with E-state index in [-0.39, 0.29) is 24.4 Å². The molecular weight excluding hydrogens is 410 g/mol. The van der Waals surface area contributed by atoms with Gasteiger partial charge >= 0.3 is 0 Å². The van der Waals surface area contributed by atoms with Crippen LogP contribution in [0.2, 0.25) is 0 Å². The van der Waals surface area contributed by atoms with E-state index in [2.05, 4.69) is 36.5 Å². The minimum Gasteiger partial charge on any atom is -0.385 e. The van der Waals surface area contributed by atoms with Crippen LogP contribution in [0, 0.1) is 0 Å². The maximum absolute atomic E-state index is 6.20.